The molecular formula is C26H27N7O2. The van der Waals surface area contributed by atoms with E-state index < -0.39 is 5.79 Å². The molecule has 1 saturated carbocycles. The van der Waals surface area contributed by atoms with Gasteiger partial charge in [0.1, 0.15) is 36.0 Å². The number of benzene rings is 1. The first-order valence-electron chi connectivity index (χ1n) is 11.8. The predicted molar refractivity (Wildman–Crippen MR) is 133 cm³/mol. The van der Waals surface area contributed by atoms with Crippen LogP contribution in [0.1, 0.15) is 37.0 Å². The van der Waals surface area contributed by atoms with Gasteiger partial charge >= 0.3 is 0 Å². The van der Waals surface area contributed by atoms with Crippen LogP contribution in [0.3, 0.4) is 0 Å². The van der Waals surface area contributed by atoms with E-state index >= 15 is 0 Å². The first-order chi connectivity index (χ1) is 16.8. The fraction of sp³-hybridized carbons (Fsp3) is 0.385. The number of pyridine rings is 1. The summed E-state index contributed by atoms with van der Waals surface area (Å²) in [6.07, 6.45) is 7.45. The Morgan fingerprint density at radius 3 is 2.80 bits per heavy atom. The highest BCUT2D eigenvalue weighted by Gasteiger charge is 2.55. The van der Waals surface area contributed by atoms with Crippen LogP contribution < -0.4 is 16.4 Å². The zero-order valence-electron chi connectivity index (χ0n) is 19.7. The van der Waals surface area contributed by atoms with E-state index in [-0.39, 0.29) is 30.0 Å². The topological polar surface area (TPSA) is 136 Å². The molecular weight excluding hydrogens is 442 g/mol. The number of nitriles is 1. The van der Waals surface area contributed by atoms with Crippen LogP contribution in [0.25, 0.3) is 17.0 Å². The molecule has 4 N–H and O–H groups in total. The van der Waals surface area contributed by atoms with E-state index in [4.69, 9.17) is 20.9 Å². The standard InChI is InChI=1S/C26H27N7O2/c1-26(2)34-21-16(6-4-14-3-5-15-10-17(12-27)23(28)32-19(15)9-14)11-20(22(21)35-26)33-8-7-18-24(29)30-13-31-25(18)33/h3-6,9-10,13,16,20-22H,7-8,11H2,1-2H3,(H2,28,32)(H2,29,30,31)/b6-4+/t16-,20+,21+,22-/m0/s1. The van der Waals surface area contributed by atoms with Crippen molar-refractivity contribution in [3.05, 3.63) is 53.4 Å². The third-order valence-electron chi connectivity index (χ3n) is 7.24. The number of hydrogen-bond acceptors (Lipinski definition) is 9. The molecule has 4 atom stereocenters. The number of nitrogens with zero attached hydrogens (tertiary/aromatic N) is 5. The Balaban J connectivity index is 1.29. The third-order valence-corrected chi connectivity index (χ3v) is 7.24. The minimum Gasteiger partial charge on any atom is -0.383 e. The lowest BCUT2D eigenvalue weighted by Gasteiger charge is -2.31. The van der Waals surface area contributed by atoms with Crippen molar-refractivity contribution >= 4 is 34.4 Å². The molecule has 3 aliphatic rings. The highest BCUT2D eigenvalue weighted by Crippen LogP contribution is 2.46. The highest BCUT2D eigenvalue weighted by molar-refractivity contribution is 5.84. The lowest BCUT2D eigenvalue weighted by atomic mass is 10.0. The van der Waals surface area contributed by atoms with Crippen molar-refractivity contribution in [1.82, 2.24) is 15.0 Å². The van der Waals surface area contributed by atoms with Gasteiger partial charge in [0.2, 0.25) is 0 Å². The van der Waals surface area contributed by atoms with E-state index in [1.54, 1.807) is 6.07 Å². The van der Waals surface area contributed by atoms with Crippen LogP contribution in [0.4, 0.5) is 17.5 Å². The Bertz CT molecular complexity index is 1400. The summed E-state index contributed by atoms with van der Waals surface area (Å²) in [5.74, 6) is 1.24. The molecule has 9 heteroatoms. The lowest BCUT2D eigenvalue weighted by Crippen LogP contribution is -2.43. The molecule has 1 aromatic carbocycles. The lowest BCUT2D eigenvalue weighted by molar-refractivity contribution is -0.155. The van der Waals surface area contributed by atoms with Crippen LogP contribution in [-0.4, -0.2) is 45.5 Å². The van der Waals surface area contributed by atoms with Gasteiger partial charge in [-0.25, -0.2) is 15.0 Å². The Morgan fingerprint density at radius 1 is 1.14 bits per heavy atom. The summed E-state index contributed by atoms with van der Waals surface area (Å²) in [7, 11) is 0. The SMILES string of the molecule is CC1(C)O[C@@H]2[C@H](O1)[C@@H](/C=C/c1ccc3cc(C#N)c(N)nc3c1)C[C@H]2N1CCc2c(N)ncnc21. The second-order valence-electron chi connectivity index (χ2n) is 9.88. The normalized spacial score (nSPS) is 26.8. The summed E-state index contributed by atoms with van der Waals surface area (Å²) < 4.78 is 12.8. The van der Waals surface area contributed by atoms with Crippen LogP contribution in [0.15, 0.2) is 36.7 Å². The van der Waals surface area contributed by atoms with Crippen LogP contribution in [0, 0.1) is 17.2 Å². The summed E-state index contributed by atoms with van der Waals surface area (Å²) in [6.45, 7) is 4.78. The van der Waals surface area contributed by atoms with Gasteiger partial charge < -0.3 is 25.8 Å². The molecule has 2 aromatic heterocycles. The Hall–Kier alpha value is -3.74. The van der Waals surface area contributed by atoms with Gasteiger partial charge in [0.05, 0.1) is 23.2 Å². The van der Waals surface area contributed by atoms with Crippen molar-refractivity contribution in [1.29, 1.82) is 5.26 Å². The maximum Gasteiger partial charge on any atom is 0.163 e. The van der Waals surface area contributed by atoms with Gasteiger partial charge in [-0.15, -0.1) is 0 Å². The molecule has 0 amide bonds. The molecule has 2 fully saturated rings. The average molecular weight is 470 g/mol. The van der Waals surface area contributed by atoms with Gasteiger partial charge in [-0.05, 0) is 44.4 Å². The quantitative estimate of drug-likeness (QED) is 0.593. The Kier molecular flexibility index (Phi) is 4.91. The molecule has 178 valence electrons. The van der Waals surface area contributed by atoms with Crippen molar-refractivity contribution in [3.8, 4) is 6.07 Å². The van der Waals surface area contributed by atoms with Crippen molar-refractivity contribution in [2.75, 3.05) is 22.9 Å². The van der Waals surface area contributed by atoms with Gasteiger partial charge in [-0.2, -0.15) is 5.26 Å². The number of nitrogen functional groups attached to an aromatic ring is 2. The summed E-state index contributed by atoms with van der Waals surface area (Å²) >= 11 is 0. The van der Waals surface area contributed by atoms with Gasteiger partial charge in [0, 0.05) is 23.4 Å². The molecule has 0 bridgehead atoms. The van der Waals surface area contributed by atoms with Crippen molar-refractivity contribution in [3.63, 3.8) is 0 Å². The number of aromatic nitrogens is 3. The van der Waals surface area contributed by atoms with E-state index in [1.165, 1.54) is 6.33 Å². The third kappa shape index (κ3) is 3.66. The fourth-order valence-corrected chi connectivity index (χ4v) is 5.68. The van der Waals surface area contributed by atoms with E-state index in [0.29, 0.717) is 11.4 Å². The largest absolute Gasteiger partial charge is 0.383 e. The minimum atomic E-state index is -0.643. The predicted octanol–water partition coefficient (Wildman–Crippen LogP) is 3.05. The second-order valence-corrected chi connectivity index (χ2v) is 9.88. The molecule has 6 rings (SSSR count). The van der Waals surface area contributed by atoms with Crippen molar-refractivity contribution in [2.24, 2.45) is 5.92 Å². The molecule has 1 aliphatic carbocycles. The number of nitrogens with two attached hydrogens (primary N) is 2. The van der Waals surface area contributed by atoms with Gasteiger partial charge in [-0.1, -0.05) is 24.3 Å². The van der Waals surface area contributed by atoms with E-state index in [9.17, 15) is 5.26 Å². The molecule has 35 heavy (non-hydrogen) atoms. The molecule has 0 spiro atoms. The van der Waals surface area contributed by atoms with E-state index in [1.807, 2.05) is 32.0 Å². The number of fused-ring (bicyclic) bond motifs is 3. The zero-order chi connectivity index (χ0) is 24.3. The molecule has 0 unspecified atom stereocenters. The van der Waals surface area contributed by atoms with Gasteiger partial charge in [0.25, 0.3) is 0 Å². The smallest absolute Gasteiger partial charge is 0.163 e. The zero-order valence-corrected chi connectivity index (χ0v) is 19.7. The first-order valence-corrected chi connectivity index (χ1v) is 11.8. The Morgan fingerprint density at radius 2 is 1.97 bits per heavy atom. The van der Waals surface area contributed by atoms with Gasteiger partial charge in [0.15, 0.2) is 5.79 Å². The molecule has 0 radical (unpaired) electrons. The van der Waals surface area contributed by atoms with Crippen molar-refractivity contribution < 1.29 is 9.47 Å². The Labute approximate surface area is 203 Å². The van der Waals surface area contributed by atoms with Crippen LogP contribution in [-0.2, 0) is 15.9 Å². The number of rotatable bonds is 3. The molecule has 2 aliphatic heterocycles. The maximum atomic E-state index is 9.20. The fourth-order valence-electron chi connectivity index (χ4n) is 5.68. The summed E-state index contributed by atoms with van der Waals surface area (Å²) in [5, 5.41) is 10.1. The first kappa shape index (κ1) is 21.8. The van der Waals surface area contributed by atoms with Crippen molar-refractivity contribution in [2.45, 2.75) is 50.7 Å². The second kappa shape index (κ2) is 7.90. The summed E-state index contributed by atoms with van der Waals surface area (Å²) in [6, 6.07) is 9.96. The monoisotopic (exact) mass is 469 g/mol. The van der Waals surface area contributed by atoms with Crippen LogP contribution in [0.2, 0.25) is 0 Å². The number of hydrogen-bond donors (Lipinski definition) is 2. The van der Waals surface area contributed by atoms with Gasteiger partial charge in [-0.3, -0.25) is 0 Å². The van der Waals surface area contributed by atoms with Crippen LogP contribution in [0.5, 0.6) is 0 Å². The summed E-state index contributed by atoms with van der Waals surface area (Å²) in [4.78, 5) is 15.4. The van der Waals surface area contributed by atoms with Crippen LogP contribution >= 0.6 is 0 Å². The minimum absolute atomic E-state index is 0.0538. The highest BCUT2D eigenvalue weighted by atomic mass is 16.8. The maximum absolute atomic E-state index is 9.20. The number of anilines is 3. The molecule has 4 heterocycles. The van der Waals surface area contributed by atoms with E-state index in [0.717, 1.165) is 47.2 Å². The molecule has 9 nitrogen and oxygen atoms in total. The average Bonchev–Trinajstić information content (AvgIpc) is 3.48. The molecule has 3 aromatic rings. The molecule has 1 saturated heterocycles. The number of ether oxygens (including phenoxy) is 2. The van der Waals surface area contributed by atoms with E-state index in [2.05, 4.69) is 38.1 Å². The summed E-state index contributed by atoms with van der Waals surface area (Å²) in [5.41, 5.74) is 15.2.